The van der Waals surface area contributed by atoms with Gasteiger partial charge in [0, 0.05) is 6.20 Å². The van der Waals surface area contributed by atoms with Crippen LogP contribution in [0.5, 0.6) is 0 Å². The first kappa shape index (κ1) is 11.4. The van der Waals surface area contributed by atoms with Crippen LogP contribution >= 0.6 is 0 Å². The van der Waals surface area contributed by atoms with Gasteiger partial charge in [-0.15, -0.1) is 0 Å². The highest BCUT2D eigenvalue weighted by molar-refractivity contribution is 5.18. The first-order valence-electron chi connectivity index (χ1n) is 5.19. The van der Waals surface area contributed by atoms with E-state index in [0.29, 0.717) is 5.69 Å². The van der Waals surface area contributed by atoms with Gasteiger partial charge in [-0.3, -0.25) is 4.98 Å². The lowest BCUT2D eigenvalue weighted by molar-refractivity contribution is -0.137. The van der Waals surface area contributed by atoms with Crippen LogP contribution in [0.4, 0.5) is 13.2 Å². The van der Waals surface area contributed by atoms with Crippen molar-refractivity contribution in [2.24, 2.45) is 5.92 Å². The van der Waals surface area contributed by atoms with Crippen molar-refractivity contribution in [2.45, 2.75) is 31.5 Å². The third kappa shape index (κ3) is 2.19. The molecule has 0 aliphatic heterocycles. The first-order valence-corrected chi connectivity index (χ1v) is 5.19. The minimum Gasteiger partial charge on any atom is -0.387 e. The number of halogens is 3. The number of nitrogens with zero attached hydrogens (tertiary/aromatic N) is 1. The molecule has 1 aliphatic carbocycles. The van der Waals surface area contributed by atoms with Gasteiger partial charge < -0.3 is 5.11 Å². The van der Waals surface area contributed by atoms with Crippen molar-refractivity contribution in [3.63, 3.8) is 0 Å². The van der Waals surface area contributed by atoms with Crippen LogP contribution < -0.4 is 0 Å². The Kier molecular flexibility index (Phi) is 2.88. The number of hydrogen-bond donors (Lipinski definition) is 1. The van der Waals surface area contributed by atoms with Gasteiger partial charge in [0.1, 0.15) is 0 Å². The highest BCUT2D eigenvalue weighted by Gasteiger charge is 2.32. The summed E-state index contributed by atoms with van der Waals surface area (Å²) in [6.07, 6.45) is -1.41. The Balaban J connectivity index is 2.12. The topological polar surface area (TPSA) is 33.1 Å². The Morgan fingerprint density at radius 1 is 1.31 bits per heavy atom. The number of aliphatic hydroxyl groups is 1. The number of hydrogen-bond acceptors (Lipinski definition) is 2. The maximum Gasteiger partial charge on any atom is 0.417 e. The van der Waals surface area contributed by atoms with Crippen LogP contribution in [0, 0.1) is 5.92 Å². The largest absolute Gasteiger partial charge is 0.417 e. The van der Waals surface area contributed by atoms with E-state index in [0.717, 1.165) is 31.5 Å². The number of aliphatic hydroxyl groups excluding tert-OH is 1. The Bertz CT molecular complexity index is 356. The predicted molar refractivity (Wildman–Crippen MR) is 51.5 cm³/mol. The van der Waals surface area contributed by atoms with E-state index in [4.69, 9.17) is 0 Å². The minimum atomic E-state index is -4.37. The van der Waals surface area contributed by atoms with Crippen molar-refractivity contribution in [2.75, 3.05) is 0 Å². The second-order valence-electron chi connectivity index (χ2n) is 4.11. The van der Waals surface area contributed by atoms with Crippen LogP contribution in [0.1, 0.15) is 36.6 Å². The molecule has 16 heavy (non-hydrogen) atoms. The molecule has 2 rings (SSSR count). The van der Waals surface area contributed by atoms with Crippen molar-refractivity contribution >= 4 is 0 Å². The van der Waals surface area contributed by atoms with Crippen molar-refractivity contribution < 1.29 is 18.3 Å². The van der Waals surface area contributed by atoms with E-state index in [9.17, 15) is 18.3 Å². The van der Waals surface area contributed by atoms with E-state index >= 15 is 0 Å². The molecule has 5 heteroatoms. The number of rotatable bonds is 2. The van der Waals surface area contributed by atoms with Crippen LogP contribution in [0.15, 0.2) is 18.3 Å². The second kappa shape index (κ2) is 4.05. The monoisotopic (exact) mass is 231 g/mol. The Morgan fingerprint density at radius 2 is 2.00 bits per heavy atom. The lowest BCUT2D eigenvalue weighted by atomic mass is 9.80. The summed E-state index contributed by atoms with van der Waals surface area (Å²) in [6, 6.07) is 2.22. The SMILES string of the molecule is OC(c1ccc(C(F)(F)F)cn1)C1CCC1. The Labute approximate surface area is 91.1 Å². The lowest BCUT2D eigenvalue weighted by Crippen LogP contribution is -2.21. The standard InChI is InChI=1S/C11H12F3NO/c12-11(13,14)8-4-5-9(15-6-8)10(16)7-2-1-3-7/h4-7,10,16H,1-3H2. The van der Waals surface area contributed by atoms with Crippen LogP contribution in [0.3, 0.4) is 0 Å². The quantitative estimate of drug-likeness (QED) is 0.848. The molecule has 2 nitrogen and oxygen atoms in total. The van der Waals surface area contributed by atoms with Crippen molar-refractivity contribution in [1.29, 1.82) is 0 Å². The van der Waals surface area contributed by atoms with Gasteiger partial charge in [0.2, 0.25) is 0 Å². The van der Waals surface area contributed by atoms with E-state index in [2.05, 4.69) is 4.98 Å². The third-order valence-corrected chi connectivity index (χ3v) is 3.01. The summed E-state index contributed by atoms with van der Waals surface area (Å²) in [6.45, 7) is 0. The predicted octanol–water partition coefficient (Wildman–Crippen LogP) is 2.93. The fourth-order valence-corrected chi connectivity index (χ4v) is 1.74. The van der Waals surface area contributed by atoms with E-state index in [-0.39, 0.29) is 5.92 Å². The van der Waals surface area contributed by atoms with Gasteiger partial charge in [-0.1, -0.05) is 6.42 Å². The van der Waals surface area contributed by atoms with Gasteiger partial charge in [0.25, 0.3) is 0 Å². The van der Waals surface area contributed by atoms with Gasteiger partial charge in [-0.25, -0.2) is 0 Å². The zero-order valence-electron chi connectivity index (χ0n) is 8.54. The van der Waals surface area contributed by atoms with Crippen LogP contribution in [-0.4, -0.2) is 10.1 Å². The van der Waals surface area contributed by atoms with Crippen LogP contribution in [-0.2, 0) is 6.18 Å². The summed E-state index contributed by atoms with van der Waals surface area (Å²) < 4.78 is 36.8. The zero-order chi connectivity index (χ0) is 11.8. The Hall–Kier alpha value is -1.10. The smallest absolute Gasteiger partial charge is 0.387 e. The van der Waals surface area contributed by atoms with E-state index in [1.807, 2.05) is 0 Å². The number of pyridine rings is 1. The summed E-state index contributed by atoms with van der Waals surface area (Å²) in [7, 11) is 0. The van der Waals surface area contributed by atoms with E-state index < -0.39 is 17.8 Å². The van der Waals surface area contributed by atoms with Crippen molar-refractivity contribution in [1.82, 2.24) is 4.98 Å². The average molecular weight is 231 g/mol. The van der Waals surface area contributed by atoms with Gasteiger partial charge >= 0.3 is 6.18 Å². The number of aromatic nitrogens is 1. The molecule has 1 N–H and O–H groups in total. The maximum atomic E-state index is 12.3. The van der Waals surface area contributed by atoms with Gasteiger partial charge in [0.05, 0.1) is 17.4 Å². The minimum absolute atomic E-state index is 0.157. The Morgan fingerprint density at radius 3 is 2.38 bits per heavy atom. The summed E-state index contributed by atoms with van der Waals surface area (Å²) in [5.41, 5.74) is -0.449. The van der Waals surface area contributed by atoms with Gasteiger partial charge in [0.15, 0.2) is 0 Å². The molecule has 1 aromatic heterocycles. The molecule has 0 radical (unpaired) electrons. The van der Waals surface area contributed by atoms with E-state index in [1.165, 1.54) is 6.07 Å². The molecule has 1 aliphatic rings. The molecule has 1 unspecified atom stereocenters. The van der Waals surface area contributed by atoms with Crippen LogP contribution in [0.2, 0.25) is 0 Å². The maximum absolute atomic E-state index is 12.3. The molecule has 1 aromatic rings. The summed E-state index contributed by atoms with van der Waals surface area (Å²) in [4.78, 5) is 3.68. The first-order chi connectivity index (χ1) is 7.48. The summed E-state index contributed by atoms with van der Waals surface area (Å²) >= 11 is 0. The molecule has 0 spiro atoms. The third-order valence-electron chi connectivity index (χ3n) is 3.01. The zero-order valence-corrected chi connectivity index (χ0v) is 8.54. The molecule has 0 saturated heterocycles. The molecular formula is C11H12F3NO. The van der Waals surface area contributed by atoms with Gasteiger partial charge in [-0.05, 0) is 30.9 Å². The summed E-state index contributed by atoms with van der Waals surface area (Å²) in [5, 5.41) is 9.79. The van der Waals surface area contributed by atoms with Gasteiger partial charge in [-0.2, -0.15) is 13.2 Å². The molecule has 0 bridgehead atoms. The highest BCUT2D eigenvalue weighted by Crippen LogP contribution is 2.37. The van der Waals surface area contributed by atoms with Crippen molar-refractivity contribution in [3.8, 4) is 0 Å². The molecular weight excluding hydrogens is 219 g/mol. The molecule has 88 valence electrons. The molecule has 0 amide bonds. The van der Waals surface area contributed by atoms with Crippen LogP contribution in [0.25, 0.3) is 0 Å². The molecule has 1 atom stereocenters. The second-order valence-corrected chi connectivity index (χ2v) is 4.11. The van der Waals surface area contributed by atoms with Crippen molar-refractivity contribution in [3.05, 3.63) is 29.6 Å². The average Bonchev–Trinajstić information content (AvgIpc) is 2.14. The molecule has 1 saturated carbocycles. The van der Waals surface area contributed by atoms with E-state index in [1.54, 1.807) is 0 Å². The summed E-state index contributed by atoms with van der Waals surface area (Å²) in [5.74, 6) is 0.157. The highest BCUT2D eigenvalue weighted by atomic mass is 19.4. The lowest BCUT2D eigenvalue weighted by Gasteiger charge is -2.29. The fraction of sp³-hybridized carbons (Fsp3) is 0.545. The normalized spacial score (nSPS) is 19.2. The molecule has 1 heterocycles. The molecule has 0 aromatic carbocycles. The number of alkyl halides is 3. The molecule has 1 fully saturated rings. The fourth-order valence-electron chi connectivity index (χ4n) is 1.74.